The van der Waals surface area contributed by atoms with Gasteiger partial charge in [-0.05, 0) is 34.4 Å². The average Bonchev–Trinajstić information content (AvgIpc) is 2.94. The Bertz CT molecular complexity index is 1340. The van der Waals surface area contributed by atoms with Gasteiger partial charge in [-0.3, -0.25) is 4.21 Å². The van der Waals surface area contributed by atoms with Crippen LogP contribution in [0.5, 0.6) is 0 Å². The van der Waals surface area contributed by atoms with Gasteiger partial charge in [-0.25, -0.2) is 8.78 Å². The number of hydrogen-bond donors (Lipinski definition) is 4. The van der Waals surface area contributed by atoms with Crippen LogP contribution >= 0.6 is 0 Å². The highest BCUT2D eigenvalue weighted by molar-refractivity contribution is 7.85. The summed E-state index contributed by atoms with van der Waals surface area (Å²) >= 11 is 0. The predicted octanol–water partition coefficient (Wildman–Crippen LogP) is 4.89. The summed E-state index contributed by atoms with van der Waals surface area (Å²) in [6.07, 6.45) is -0.207. The van der Waals surface area contributed by atoms with Gasteiger partial charge in [0, 0.05) is 48.0 Å². The maximum atomic E-state index is 14.2. The molecule has 4 aromatic rings. The number of rotatable bonds is 12. The highest BCUT2D eigenvalue weighted by Crippen LogP contribution is 2.33. The molecule has 0 fully saturated rings. The molecule has 40 heavy (non-hydrogen) atoms. The first-order valence-corrected chi connectivity index (χ1v) is 14.4. The number of halogens is 2. The molecule has 0 saturated heterocycles. The van der Waals surface area contributed by atoms with Crippen LogP contribution in [0.15, 0.2) is 97.1 Å². The molecule has 0 heterocycles. The van der Waals surface area contributed by atoms with E-state index in [2.05, 4.69) is 0 Å². The third-order valence-corrected chi connectivity index (χ3v) is 8.66. The van der Waals surface area contributed by atoms with Crippen LogP contribution in [0, 0.1) is 11.6 Å². The first-order chi connectivity index (χ1) is 19.2. The van der Waals surface area contributed by atoms with Crippen molar-refractivity contribution in [2.24, 2.45) is 0 Å². The van der Waals surface area contributed by atoms with E-state index < -0.39 is 22.0 Å². The minimum Gasteiger partial charge on any atom is -0.396 e. The van der Waals surface area contributed by atoms with Crippen LogP contribution in [-0.2, 0) is 22.0 Å². The molecule has 0 aliphatic carbocycles. The molecule has 0 aliphatic heterocycles. The molecule has 0 saturated carbocycles. The molecule has 210 valence electrons. The monoisotopic (exact) mass is 566 g/mol. The molecule has 0 aromatic heterocycles. The lowest BCUT2D eigenvalue weighted by atomic mass is 9.90. The van der Waals surface area contributed by atoms with Gasteiger partial charge in [0.2, 0.25) is 0 Å². The standard InChI is InChI=1S/C32H32F2O5S/c33-29-7-3-1-5-27(29)23-9-13-25(14-10-23)31(37,17-19-35)21-40(39)22-32(38,18-20-36)26-15-11-24(12-16-26)28-6-2-4-8-30(28)34/h1-16,35-38H,17-22H2. The second kappa shape index (κ2) is 12.9. The zero-order valence-corrected chi connectivity index (χ0v) is 22.7. The Kier molecular flexibility index (Phi) is 9.60. The molecular formula is C32H32F2O5S. The molecule has 0 spiro atoms. The fraction of sp³-hybridized carbons (Fsp3) is 0.250. The molecule has 5 nitrogen and oxygen atoms in total. The van der Waals surface area contributed by atoms with Gasteiger partial charge >= 0.3 is 0 Å². The van der Waals surface area contributed by atoms with Crippen molar-refractivity contribution >= 4 is 10.8 Å². The van der Waals surface area contributed by atoms with Crippen LogP contribution in [0.25, 0.3) is 22.3 Å². The summed E-state index contributed by atoms with van der Waals surface area (Å²) in [6.45, 7) is -0.748. The van der Waals surface area contributed by atoms with Gasteiger partial charge in [0.1, 0.15) is 22.8 Å². The topological polar surface area (TPSA) is 98.0 Å². The van der Waals surface area contributed by atoms with Crippen molar-refractivity contribution in [1.82, 2.24) is 0 Å². The lowest BCUT2D eigenvalue weighted by Crippen LogP contribution is -2.39. The zero-order chi connectivity index (χ0) is 28.8. The van der Waals surface area contributed by atoms with E-state index in [1.807, 2.05) is 0 Å². The maximum absolute atomic E-state index is 14.2. The van der Waals surface area contributed by atoms with E-state index in [0.29, 0.717) is 33.4 Å². The Morgan fingerprint density at radius 3 is 1.25 bits per heavy atom. The van der Waals surface area contributed by atoms with Crippen LogP contribution in [0.4, 0.5) is 8.78 Å². The van der Waals surface area contributed by atoms with Gasteiger partial charge in [0.25, 0.3) is 0 Å². The van der Waals surface area contributed by atoms with E-state index in [4.69, 9.17) is 0 Å². The first kappa shape index (κ1) is 29.7. The van der Waals surface area contributed by atoms with E-state index in [1.165, 1.54) is 12.1 Å². The fourth-order valence-corrected chi connectivity index (χ4v) is 6.65. The van der Waals surface area contributed by atoms with Gasteiger partial charge in [0.15, 0.2) is 0 Å². The molecule has 4 rings (SSSR count). The van der Waals surface area contributed by atoms with Gasteiger partial charge in [-0.2, -0.15) is 0 Å². The van der Waals surface area contributed by atoms with E-state index in [1.54, 1.807) is 84.9 Å². The Morgan fingerprint density at radius 1 is 0.575 bits per heavy atom. The van der Waals surface area contributed by atoms with Crippen molar-refractivity contribution in [3.05, 3.63) is 120 Å². The van der Waals surface area contributed by atoms with Crippen LogP contribution in [0.1, 0.15) is 24.0 Å². The number of aliphatic hydroxyl groups excluding tert-OH is 2. The van der Waals surface area contributed by atoms with E-state index in [9.17, 15) is 33.4 Å². The summed E-state index contributed by atoms with van der Waals surface area (Å²) in [5.41, 5.74) is -0.553. The predicted molar refractivity (Wildman–Crippen MR) is 153 cm³/mol. The smallest absolute Gasteiger partial charge is 0.131 e. The lowest BCUT2D eigenvalue weighted by molar-refractivity contribution is 0.0282. The summed E-state index contributed by atoms with van der Waals surface area (Å²) < 4.78 is 41.8. The van der Waals surface area contributed by atoms with Crippen LogP contribution in [0.2, 0.25) is 0 Å². The van der Waals surface area contributed by atoms with E-state index in [-0.39, 0.29) is 49.2 Å². The second-order valence-electron chi connectivity index (χ2n) is 9.85. The minimum atomic E-state index is -1.80. The molecule has 0 bridgehead atoms. The maximum Gasteiger partial charge on any atom is 0.131 e. The van der Waals surface area contributed by atoms with E-state index in [0.717, 1.165) is 0 Å². The van der Waals surface area contributed by atoms with Crippen LogP contribution < -0.4 is 0 Å². The second-order valence-corrected chi connectivity index (χ2v) is 11.3. The molecule has 4 aromatic carbocycles. The van der Waals surface area contributed by atoms with Crippen molar-refractivity contribution in [3.63, 3.8) is 0 Å². The molecule has 8 heteroatoms. The van der Waals surface area contributed by atoms with Gasteiger partial charge in [-0.15, -0.1) is 0 Å². The van der Waals surface area contributed by atoms with Crippen molar-refractivity contribution in [2.45, 2.75) is 24.0 Å². The summed E-state index contributed by atoms with van der Waals surface area (Å²) in [7, 11) is -1.80. The average molecular weight is 567 g/mol. The minimum absolute atomic E-state index is 0.104. The summed E-state index contributed by atoms with van der Waals surface area (Å²) in [6, 6.07) is 25.7. The summed E-state index contributed by atoms with van der Waals surface area (Å²) in [5, 5.41) is 42.2. The molecular weight excluding hydrogens is 534 g/mol. The molecule has 2 unspecified atom stereocenters. The summed E-state index contributed by atoms with van der Waals surface area (Å²) in [5.74, 6) is -1.33. The Hall–Kier alpha value is -3.27. The van der Waals surface area contributed by atoms with Gasteiger partial charge in [0.05, 0.1) is 11.5 Å². The van der Waals surface area contributed by atoms with Crippen molar-refractivity contribution in [2.75, 3.05) is 24.7 Å². The van der Waals surface area contributed by atoms with Crippen molar-refractivity contribution < 1.29 is 33.4 Å². The van der Waals surface area contributed by atoms with Gasteiger partial charge in [-0.1, -0.05) is 84.9 Å². The Balaban J connectivity index is 1.54. The SMILES string of the molecule is O=S(CC(O)(CCO)c1ccc(-c2ccccc2F)cc1)CC(O)(CCO)c1ccc(-c2ccccc2F)cc1. The number of aliphatic hydroxyl groups is 4. The normalized spacial score (nSPS) is 15.2. The molecule has 2 atom stereocenters. The van der Waals surface area contributed by atoms with Crippen molar-refractivity contribution in [1.29, 1.82) is 0 Å². The molecule has 0 radical (unpaired) electrons. The highest BCUT2D eigenvalue weighted by atomic mass is 32.2. The molecule has 4 N–H and O–H groups in total. The van der Waals surface area contributed by atoms with Gasteiger partial charge < -0.3 is 20.4 Å². The first-order valence-electron chi connectivity index (χ1n) is 12.9. The Morgan fingerprint density at radius 2 is 0.925 bits per heavy atom. The quantitative estimate of drug-likeness (QED) is 0.196. The molecule has 0 amide bonds. The molecule has 0 aliphatic rings. The fourth-order valence-electron chi connectivity index (χ4n) is 4.86. The highest BCUT2D eigenvalue weighted by Gasteiger charge is 2.36. The van der Waals surface area contributed by atoms with Crippen LogP contribution in [0.3, 0.4) is 0 Å². The Labute approximate surface area is 234 Å². The third kappa shape index (κ3) is 6.71. The van der Waals surface area contributed by atoms with E-state index >= 15 is 0 Å². The number of hydrogen-bond acceptors (Lipinski definition) is 5. The van der Waals surface area contributed by atoms with Crippen molar-refractivity contribution in [3.8, 4) is 22.3 Å². The third-order valence-electron chi connectivity index (χ3n) is 7.06. The number of benzene rings is 4. The summed E-state index contributed by atoms with van der Waals surface area (Å²) in [4.78, 5) is 0. The van der Waals surface area contributed by atoms with Crippen LogP contribution in [-0.4, -0.2) is 49.4 Å². The largest absolute Gasteiger partial charge is 0.396 e. The lowest BCUT2D eigenvalue weighted by Gasteiger charge is -2.32. The zero-order valence-electron chi connectivity index (χ0n) is 21.8.